The molecule has 0 aliphatic heterocycles. The number of benzene rings is 7. The Labute approximate surface area is 462 Å². The van der Waals surface area contributed by atoms with E-state index in [4.69, 9.17) is 29.9 Å². The summed E-state index contributed by atoms with van der Waals surface area (Å²) in [7, 11) is 0. The minimum atomic E-state index is 0.748. The first-order valence-corrected chi connectivity index (χ1v) is 27.2. The zero-order valence-electron chi connectivity index (χ0n) is 43.9. The van der Waals surface area contributed by atoms with Crippen LogP contribution in [-0.2, 0) is 0 Å². The van der Waals surface area contributed by atoms with E-state index in [9.17, 15) is 0 Å². The molecule has 0 bridgehead atoms. The zero-order chi connectivity index (χ0) is 53.4. The third kappa shape index (κ3) is 6.39. The molecule has 11 heteroatoms. The van der Waals surface area contributed by atoms with Crippen LogP contribution in [0, 0.1) is 13.8 Å². The van der Waals surface area contributed by atoms with Gasteiger partial charge in [-0.15, -0.1) is 0 Å². The number of imidazole rings is 1. The Morgan fingerprint density at radius 2 is 0.642 bits per heavy atom. The summed E-state index contributed by atoms with van der Waals surface area (Å²) in [5, 5.41) is 8.39. The van der Waals surface area contributed by atoms with Crippen LogP contribution in [0.2, 0.25) is 0 Å². The molecule has 0 fully saturated rings. The van der Waals surface area contributed by atoms with Crippen LogP contribution in [-0.4, -0.2) is 52.7 Å². The second kappa shape index (κ2) is 17.2. The number of aryl methyl sites for hydroxylation is 2. The highest BCUT2D eigenvalue weighted by molar-refractivity contribution is 6.18. The quantitative estimate of drug-likeness (QED) is 0.158. The monoisotopic (exact) mass is 1040 g/mol. The maximum atomic E-state index is 5.99. The van der Waals surface area contributed by atoms with Gasteiger partial charge in [-0.2, -0.15) is 0 Å². The summed E-state index contributed by atoms with van der Waals surface area (Å²) in [6.45, 7) is 4.20. The Hall–Kier alpha value is -11.0. The molecule has 0 saturated heterocycles. The first-order chi connectivity index (χ1) is 40.1. The van der Waals surface area contributed by atoms with Crippen molar-refractivity contribution in [1.82, 2.24) is 52.7 Å². The average molecular weight is 1040 g/mol. The maximum Gasteiger partial charge on any atom is 0.150 e. The predicted molar refractivity (Wildman–Crippen MR) is 328 cm³/mol. The van der Waals surface area contributed by atoms with E-state index in [0.29, 0.717) is 0 Å². The summed E-state index contributed by atoms with van der Waals surface area (Å²) < 4.78 is 12.4. The second-order valence-electron chi connectivity index (χ2n) is 20.9. The molecule has 10 aromatic heterocycles. The molecule has 7 aromatic carbocycles. The lowest BCUT2D eigenvalue weighted by Crippen LogP contribution is -2.17. The van der Waals surface area contributed by atoms with Crippen molar-refractivity contribution in [1.29, 1.82) is 0 Å². The summed E-state index contributed by atoms with van der Waals surface area (Å²) in [4.78, 5) is 30.5. The Kier molecular flexibility index (Phi) is 9.58. The van der Waals surface area contributed by atoms with Gasteiger partial charge in [0, 0.05) is 115 Å². The highest BCUT2D eigenvalue weighted by Gasteiger charge is 2.37. The third-order valence-corrected chi connectivity index (χ3v) is 16.4. The van der Waals surface area contributed by atoms with Crippen LogP contribution in [0.3, 0.4) is 0 Å². The van der Waals surface area contributed by atoms with Gasteiger partial charge in [0.15, 0.2) is 0 Å². The van der Waals surface area contributed by atoms with Crippen LogP contribution in [0.15, 0.2) is 238 Å². The Morgan fingerprint density at radius 3 is 1.10 bits per heavy atom. The summed E-state index contributed by atoms with van der Waals surface area (Å²) in [6.07, 6.45) is 15.7. The number of nitrogens with zero attached hydrogens (tertiary/aromatic N) is 11. The van der Waals surface area contributed by atoms with E-state index in [2.05, 4.69) is 225 Å². The molecule has 17 aromatic rings. The van der Waals surface area contributed by atoms with Gasteiger partial charge in [0.1, 0.15) is 5.82 Å². The molecule has 0 N–H and O–H groups in total. The van der Waals surface area contributed by atoms with Gasteiger partial charge in [-0.25, -0.2) is 4.98 Å². The van der Waals surface area contributed by atoms with E-state index in [1.807, 2.05) is 49.6 Å². The minimum Gasteiger partial charge on any atom is -0.308 e. The molecule has 17 rings (SSSR count). The van der Waals surface area contributed by atoms with Gasteiger partial charge in [-0.3, -0.25) is 29.5 Å². The van der Waals surface area contributed by atoms with Crippen molar-refractivity contribution in [2.24, 2.45) is 0 Å². The molecule has 0 unspecified atom stereocenters. The summed E-state index contributed by atoms with van der Waals surface area (Å²) in [5.74, 6) is 0.748. The summed E-state index contributed by atoms with van der Waals surface area (Å²) in [6, 6.07) is 67.4. The summed E-state index contributed by atoms with van der Waals surface area (Å²) >= 11 is 0. The largest absolute Gasteiger partial charge is 0.308 e. The van der Waals surface area contributed by atoms with E-state index in [1.54, 1.807) is 0 Å². The maximum absolute atomic E-state index is 5.99. The fraction of sp³-hybridized carbons (Fsp3) is 0.0286. The Bertz CT molecular complexity index is 5230. The fourth-order valence-corrected chi connectivity index (χ4v) is 13.3. The van der Waals surface area contributed by atoms with E-state index >= 15 is 0 Å². The Balaban J connectivity index is 1.29. The minimum absolute atomic E-state index is 0.748. The molecule has 0 aliphatic carbocycles. The number of para-hydroxylation sites is 7. The van der Waals surface area contributed by atoms with E-state index in [-0.39, 0.29) is 0 Å². The number of fused-ring (bicyclic) bond motifs is 13. The highest BCUT2D eigenvalue weighted by atomic mass is 15.2. The van der Waals surface area contributed by atoms with Gasteiger partial charge in [-0.1, -0.05) is 103 Å². The topological polar surface area (TPSA) is 102 Å². The molecule has 11 nitrogen and oxygen atoms in total. The standard InChI is InChI=1S/C70H45N11/c1-42-36-44(37-43(2)75-42)64-66(78-55-23-11-6-18-46(55)50-38-71-32-28-59(50)78)65(70-76-54-22-10-15-27-63(54)77(70)45-16-4-3-5-17-45)68(80-57-25-13-8-20-48(57)52-40-73-34-30-61(52)80)69(81-58-26-14-9-21-49(58)53-41-74-35-31-62(53)81)67(64)79-56-24-12-7-19-47(56)51-39-72-33-29-60(51)79/h3-41H,1-2H3. The lowest BCUT2D eigenvalue weighted by atomic mass is 9.92. The van der Waals surface area contributed by atoms with Crippen LogP contribution >= 0.6 is 0 Å². The van der Waals surface area contributed by atoms with Crippen LogP contribution in [0.1, 0.15) is 11.4 Å². The average Bonchev–Trinajstić information content (AvgIpc) is 4.37. The SMILES string of the molecule is Cc1cc(-c2c(-n3c4ccccc4c4cnccc43)c(-c3nc4ccccc4n3-c3ccccc3)c(-n3c4ccccc4c4cnccc43)c(-n3c4ccccc4c4cnccc43)c2-n2c3ccccc3c3cnccc32)cc(C)n1. The normalized spacial score (nSPS) is 12.1. The molecule has 10 heterocycles. The number of rotatable bonds is 7. The number of aromatic nitrogens is 11. The van der Waals surface area contributed by atoms with E-state index in [1.165, 1.54) is 0 Å². The van der Waals surface area contributed by atoms with Crippen LogP contribution < -0.4 is 0 Å². The molecular weight excluding hydrogens is 995 g/mol. The van der Waals surface area contributed by atoms with Crippen molar-refractivity contribution < 1.29 is 0 Å². The first-order valence-electron chi connectivity index (χ1n) is 27.2. The zero-order valence-corrected chi connectivity index (χ0v) is 43.9. The smallest absolute Gasteiger partial charge is 0.150 e. The molecule has 380 valence electrons. The third-order valence-electron chi connectivity index (χ3n) is 16.4. The predicted octanol–water partition coefficient (Wildman–Crippen LogP) is 16.3. The van der Waals surface area contributed by atoms with Gasteiger partial charge in [0.25, 0.3) is 0 Å². The Morgan fingerprint density at radius 1 is 0.284 bits per heavy atom. The van der Waals surface area contributed by atoms with Crippen molar-refractivity contribution in [2.45, 2.75) is 13.8 Å². The molecule has 0 atom stereocenters. The number of pyridine rings is 5. The van der Waals surface area contributed by atoms with Crippen molar-refractivity contribution in [3.8, 4) is 51.0 Å². The van der Waals surface area contributed by atoms with E-state index in [0.717, 1.165) is 161 Å². The summed E-state index contributed by atoms with van der Waals surface area (Å²) in [5.41, 5.74) is 19.1. The molecule has 0 radical (unpaired) electrons. The number of hydrogen-bond donors (Lipinski definition) is 0. The first kappa shape index (κ1) is 45.0. The van der Waals surface area contributed by atoms with Crippen LogP contribution in [0.4, 0.5) is 0 Å². The number of hydrogen-bond acceptors (Lipinski definition) is 6. The second-order valence-corrected chi connectivity index (χ2v) is 20.9. The molecule has 0 amide bonds. The molecule has 81 heavy (non-hydrogen) atoms. The van der Waals surface area contributed by atoms with Gasteiger partial charge < -0.3 is 18.3 Å². The van der Waals surface area contributed by atoms with Crippen LogP contribution in [0.25, 0.3) is 149 Å². The van der Waals surface area contributed by atoms with Crippen molar-refractivity contribution >= 4 is 98.3 Å². The van der Waals surface area contributed by atoms with Gasteiger partial charge in [0.05, 0.1) is 83.5 Å². The van der Waals surface area contributed by atoms with Gasteiger partial charge in [0.2, 0.25) is 0 Å². The lowest BCUT2D eigenvalue weighted by molar-refractivity contribution is 1.02. The molecule has 0 aliphatic rings. The van der Waals surface area contributed by atoms with Crippen molar-refractivity contribution in [3.63, 3.8) is 0 Å². The molecule has 0 saturated carbocycles. The van der Waals surface area contributed by atoms with Crippen molar-refractivity contribution in [2.75, 3.05) is 0 Å². The molecular formula is C70H45N11. The van der Waals surface area contributed by atoms with E-state index < -0.39 is 0 Å². The highest BCUT2D eigenvalue weighted by Crippen LogP contribution is 2.55. The van der Waals surface area contributed by atoms with Crippen LogP contribution in [0.5, 0.6) is 0 Å². The lowest BCUT2D eigenvalue weighted by Gasteiger charge is -2.31. The molecule has 0 spiro atoms. The fourth-order valence-electron chi connectivity index (χ4n) is 13.3. The van der Waals surface area contributed by atoms with Gasteiger partial charge in [-0.05, 0) is 104 Å². The van der Waals surface area contributed by atoms with Crippen molar-refractivity contribution in [3.05, 3.63) is 249 Å². The van der Waals surface area contributed by atoms with Gasteiger partial charge >= 0.3 is 0 Å².